The first kappa shape index (κ1) is 13.6. The lowest BCUT2D eigenvalue weighted by Crippen LogP contribution is -2.19. The lowest BCUT2D eigenvalue weighted by Gasteiger charge is -2.26. The van der Waals surface area contributed by atoms with Gasteiger partial charge in [-0.2, -0.15) is 0 Å². The SMILES string of the molecule is CCN(c1ccccc1)c1cccc(F)c1CCN. The van der Waals surface area contributed by atoms with Gasteiger partial charge in [0.2, 0.25) is 0 Å². The minimum atomic E-state index is -0.183. The molecular formula is C16H19FN2. The van der Waals surface area contributed by atoms with Gasteiger partial charge in [-0.3, -0.25) is 0 Å². The molecular weight excluding hydrogens is 239 g/mol. The van der Waals surface area contributed by atoms with Crippen LogP contribution in [0.2, 0.25) is 0 Å². The van der Waals surface area contributed by atoms with Crippen LogP contribution in [0.5, 0.6) is 0 Å². The second-order valence-corrected chi connectivity index (χ2v) is 4.36. The number of benzene rings is 2. The Hall–Kier alpha value is -1.87. The summed E-state index contributed by atoms with van der Waals surface area (Å²) in [7, 11) is 0. The van der Waals surface area contributed by atoms with E-state index in [0.29, 0.717) is 18.5 Å². The summed E-state index contributed by atoms with van der Waals surface area (Å²) in [6, 6.07) is 15.2. The Kier molecular flexibility index (Phi) is 4.53. The maximum atomic E-state index is 14.0. The van der Waals surface area contributed by atoms with Crippen LogP contribution in [-0.4, -0.2) is 13.1 Å². The fraction of sp³-hybridized carbons (Fsp3) is 0.250. The standard InChI is InChI=1S/C16H19FN2/c1-2-19(13-7-4-3-5-8-13)16-10-6-9-15(17)14(16)11-12-18/h3-10H,2,11-12,18H2,1H3. The van der Waals surface area contributed by atoms with Gasteiger partial charge in [0.25, 0.3) is 0 Å². The molecule has 0 unspecified atom stereocenters. The van der Waals surface area contributed by atoms with Gasteiger partial charge in [0, 0.05) is 23.5 Å². The molecule has 0 bridgehead atoms. The van der Waals surface area contributed by atoms with E-state index in [0.717, 1.165) is 17.9 Å². The van der Waals surface area contributed by atoms with Crippen molar-refractivity contribution in [3.63, 3.8) is 0 Å². The highest BCUT2D eigenvalue weighted by Gasteiger charge is 2.14. The molecule has 0 heterocycles. The van der Waals surface area contributed by atoms with Crippen LogP contribution < -0.4 is 10.6 Å². The second-order valence-electron chi connectivity index (χ2n) is 4.36. The van der Waals surface area contributed by atoms with Gasteiger partial charge in [0.1, 0.15) is 5.82 Å². The molecule has 0 saturated heterocycles. The van der Waals surface area contributed by atoms with E-state index in [1.165, 1.54) is 6.07 Å². The highest BCUT2D eigenvalue weighted by molar-refractivity contribution is 5.66. The highest BCUT2D eigenvalue weighted by Crippen LogP contribution is 2.29. The van der Waals surface area contributed by atoms with Gasteiger partial charge in [0.05, 0.1) is 0 Å². The van der Waals surface area contributed by atoms with E-state index in [1.807, 2.05) is 36.4 Å². The number of para-hydroxylation sites is 1. The van der Waals surface area contributed by atoms with E-state index < -0.39 is 0 Å². The van der Waals surface area contributed by atoms with Gasteiger partial charge >= 0.3 is 0 Å². The number of hydrogen-bond donors (Lipinski definition) is 1. The minimum absolute atomic E-state index is 0.183. The number of hydrogen-bond acceptors (Lipinski definition) is 2. The third-order valence-electron chi connectivity index (χ3n) is 3.16. The summed E-state index contributed by atoms with van der Waals surface area (Å²) in [5.74, 6) is -0.183. The molecule has 19 heavy (non-hydrogen) atoms. The summed E-state index contributed by atoms with van der Waals surface area (Å²) in [6.45, 7) is 3.29. The first-order valence-electron chi connectivity index (χ1n) is 6.58. The third-order valence-corrected chi connectivity index (χ3v) is 3.16. The molecule has 100 valence electrons. The number of rotatable bonds is 5. The Balaban J connectivity index is 2.47. The summed E-state index contributed by atoms with van der Waals surface area (Å²) in [5, 5.41) is 0. The van der Waals surface area contributed by atoms with Crippen molar-refractivity contribution in [3.8, 4) is 0 Å². The van der Waals surface area contributed by atoms with Crippen molar-refractivity contribution in [1.82, 2.24) is 0 Å². The summed E-state index contributed by atoms with van der Waals surface area (Å²) < 4.78 is 14.0. The average molecular weight is 258 g/mol. The molecule has 0 atom stereocenters. The molecule has 2 nitrogen and oxygen atoms in total. The van der Waals surface area contributed by atoms with Crippen molar-refractivity contribution < 1.29 is 4.39 Å². The van der Waals surface area contributed by atoms with Crippen LogP contribution in [0.25, 0.3) is 0 Å². The van der Waals surface area contributed by atoms with E-state index in [1.54, 1.807) is 6.07 Å². The van der Waals surface area contributed by atoms with Gasteiger partial charge in [0.15, 0.2) is 0 Å². The lowest BCUT2D eigenvalue weighted by atomic mass is 10.1. The summed E-state index contributed by atoms with van der Waals surface area (Å²) >= 11 is 0. The van der Waals surface area contributed by atoms with E-state index in [4.69, 9.17) is 5.73 Å². The fourth-order valence-corrected chi connectivity index (χ4v) is 2.29. The molecule has 0 amide bonds. The van der Waals surface area contributed by atoms with E-state index in [-0.39, 0.29) is 5.82 Å². The quantitative estimate of drug-likeness (QED) is 0.889. The predicted octanol–water partition coefficient (Wildman–Crippen LogP) is 3.48. The average Bonchev–Trinajstić information content (AvgIpc) is 2.44. The van der Waals surface area contributed by atoms with Crippen LogP contribution in [0.3, 0.4) is 0 Å². The zero-order chi connectivity index (χ0) is 13.7. The van der Waals surface area contributed by atoms with Crippen LogP contribution in [0.4, 0.5) is 15.8 Å². The Morgan fingerprint density at radius 2 is 1.79 bits per heavy atom. The molecule has 0 aliphatic carbocycles. The zero-order valence-electron chi connectivity index (χ0n) is 11.1. The Bertz CT molecular complexity index is 526. The predicted molar refractivity (Wildman–Crippen MR) is 78.3 cm³/mol. The van der Waals surface area contributed by atoms with Crippen LogP contribution in [0.1, 0.15) is 12.5 Å². The summed E-state index contributed by atoms with van der Waals surface area (Å²) in [6.07, 6.45) is 0.547. The first-order chi connectivity index (χ1) is 9.27. The topological polar surface area (TPSA) is 29.3 Å². The second kappa shape index (κ2) is 6.34. The molecule has 0 saturated carbocycles. The van der Waals surface area contributed by atoms with E-state index in [9.17, 15) is 4.39 Å². The smallest absolute Gasteiger partial charge is 0.128 e. The first-order valence-corrected chi connectivity index (χ1v) is 6.58. The third kappa shape index (κ3) is 2.93. The number of nitrogens with two attached hydrogens (primary N) is 1. The van der Waals surface area contributed by atoms with Crippen molar-refractivity contribution in [3.05, 3.63) is 59.9 Å². The molecule has 0 fully saturated rings. The van der Waals surface area contributed by atoms with Crippen molar-refractivity contribution in [2.24, 2.45) is 5.73 Å². The molecule has 3 heteroatoms. The summed E-state index contributed by atoms with van der Waals surface area (Å²) in [5.41, 5.74) is 8.25. The molecule has 0 aromatic heterocycles. The van der Waals surface area contributed by atoms with Gasteiger partial charge in [-0.1, -0.05) is 24.3 Å². The van der Waals surface area contributed by atoms with Crippen molar-refractivity contribution in [2.75, 3.05) is 18.0 Å². The molecule has 0 spiro atoms. The van der Waals surface area contributed by atoms with Crippen molar-refractivity contribution in [2.45, 2.75) is 13.3 Å². The lowest BCUT2D eigenvalue weighted by molar-refractivity contribution is 0.609. The maximum Gasteiger partial charge on any atom is 0.128 e. The zero-order valence-corrected chi connectivity index (χ0v) is 11.1. The van der Waals surface area contributed by atoms with E-state index >= 15 is 0 Å². The molecule has 2 rings (SSSR count). The van der Waals surface area contributed by atoms with Crippen molar-refractivity contribution >= 4 is 11.4 Å². The van der Waals surface area contributed by atoms with Crippen LogP contribution in [0, 0.1) is 5.82 Å². The van der Waals surface area contributed by atoms with Gasteiger partial charge in [-0.05, 0) is 44.2 Å². The van der Waals surface area contributed by atoms with Crippen LogP contribution >= 0.6 is 0 Å². The van der Waals surface area contributed by atoms with E-state index in [2.05, 4.69) is 11.8 Å². The Morgan fingerprint density at radius 1 is 1.05 bits per heavy atom. The van der Waals surface area contributed by atoms with Gasteiger partial charge in [-0.25, -0.2) is 4.39 Å². The fourth-order valence-electron chi connectivity index (χ4n) is 2.29. The molecule has 0 aliphatic heterocycles. The van der Waals surface area contributed by atoms with Gasteiger partial charge < -0.3 is 10.6 Å². The molecule has 2 aromatic carbocycles. The monoisotopic (exact) mass is 258 g/mol. The summed E-state index contributed by atoms with van der Waals surface area (Å²) in [4.78, 5) is 2.11. The van der Waals surface area contributed by atoms with Crippen molar-refractivity contribution in [1.29, 1.82) is 0 Å². The molecule has 2 N–H and O–H groups in total. The number of anilines is 2. The minimum Gasteiger partial charge on any atom is -0.341 e. The molecule has 0 aliphatic rings. The van der Waals surface area contributed by atoms with Crippen LogP contribution in [0.15, 0.2) is 48.5 Å². The van der Waals surface area contributed by atoms with Gasteiger partial charge in [-0.15, -0.1) is 0 Å². The largest absolute Gasteiger partial charge is 0.341 e. The molecule has 0 radical (unpaired) electrons. The Morgan fingerprint density at radius 3 is 2.42 bits per heavy atom. The normalized spacial score (nSPS) is 10.5. The molecule has 2 aromatic rings. The number of nitrogens with zero attached hydrogens (tertiary/aromatic N) is 1. The Labute approximate surface area is 113 Å². The highest BCUT2D eigenvalue weighted by atomic mass is 19.1. The maximum absolute atomic E-state index is 14.0. The van der Waals surface area contributed by atoms with Crippen LogP contribution in [-0.2, 0) is 6.42 Å². The number of halogens is 1.